The fourth-order valence-corrected chi connectivity index (χ4v) is 3.26. The number of hydrogen-bond acceptors (Lipinski definition) is 4. The lowest BCUT2D eigenvalue weighted by molar-refractivity contribution is 0.414. The fourth-order valence-electron chi connectivity index (χ4n) is 2.79. The highest BCUT2D eigenvalue weighted by Gasteiger charge is 2.33. The van der Waals surface area contributed by atoms with Crippen molar-refractivity contribution in [2.24, 2.45) is 15.9 Å². The number of thiocarbonyl (C=S) groups is 1. The summed E-state index contributed by atoms with van der Waals surface area (Å²) in [5.74, 6) is 2.52. The van der Waals surface area contributed by atoms with Crippen molar-refractivity contribution in [1.29, 1.82) is 0 Å². The Balaban J connectivity index is 1.72. The first-order valence-corrected chi connectivity index (χ1v) is 8.24. The summed E-state index contributed by atoms with van der Waals surface area (Å²) in [6.45, 7) is 0. The van der Waals surface area contributed by atoms with Gasteiger partial charge in [0.1, 0.15) is 16.5 Å². The maximum Gasteiger partial charge on any atom is 0.207 e. The Morgan fingerprint density at radius 1 is 1.21 bits per heavy atom. The Bertz CT molecular complexity index is 908. The van der Waals surface area contributed by atoms with Crippen LogP contribution in [-0.2, 0) is 6.42 Å². The minimum Gasteiger partial charge on any atom is -0.497 e. The van der Waals surface area contributed by atoms with Gasteiger partial charge in [0, 0.05) is 10.6 Å². The zero-order valence-electron chi connectivity index (χ0n) is 12.8. The number of benzene rings is 2. The molecule has 2 heterocycles. The molecule has 1 atom stereocenters. The molecule has 2 aliphatic heterocycles. The van der Waals surface area contributed by atoms with Gasteiger partial charge in [-0.2, -0.15) is 4.99 Å². The van der Waals surface area contributed by atoms with Gasteiger partial charge in [-0.1, -0.05) is 36.0 Å². The lowest BCUT2D eigenvalue weighted by Crippen LogP contribution is -2.36. The first kappa shape index (κ1) is 15.3. The molecule has 0 aliphatic carbocycles. The van der Waals surface area contributed by atoms with Crippen LogP contribution in [0.4, 0.5) is 0 Å². The molecule has 0 amide bonds. The molecule has 0 aromatic heterocycles. The number of hydrogen-bond donors (Lipinski definition) is 0. The van der Waals surface area contributed by atoms with E-state index in [9.17, 15) is 0 Å². The molecule has 2 aromatic rings. The molecule has 2 aliphatic rings. The fraction of sp³-hybridized carbons (Fsp3) is 0.167. The molecular weight excluding hydrogens is 344 g/mol. The average molecular weight is 357 g/mol. The van der Waals surface area contributed by atoms with Crippen LogP contribution in [0.2, 0.25) is 5.02 Å². The third-order valence-electron chi connectivity index (χ3n) is 4.02. The predicted molar refractivity (Wildman–Crippen MR) is 98.8 cm³/mol. The van der Waals surface area contributed by atoms with Crippen LogP contribution in [0.15, 0.2) is 52.4 Å². The van der Waals surface area contributed by atoms with E-state index < -0.39 is 0 Å². The average Bonchev–Trinajstić information content (AvgIpc) is 2.60. The third kappa shape index (κ3) is 2.70. The molecule has 0 saturated heterocycles. The molecule has 2 aromatic carbocycles. The summed E-state index contributed by atoms with van der Waals surface area (Å²) in [4.78, 5) is 9.66. The summed E-state index contributed by atoms with van der Waals surface area (Å²) in [5.41, 5.74) is 1.86. The molecule has 4 rings (SSSR count). The number of rotatable bonds is 2. The second-order valence-corrected chi connectivity index (χ2v) is 6.42. The van der Waals surface area contributed by atoms with Crippen LogP contribution >= 0.6 is 23.8 Å². The van der Waals surface area contributed by atoms with E-state index in [0.717, 1.165) is 22.6 Å². The maximum atomic E-state index is 6.06. The van der Waals surface area contributed by atoms with Crippen molar-refractivity contribution < 1.29 is 9.47 Å². The van der Waals surface area contributed by atoms with Gasteiger partial charge in [0.2, 0.25) is 5.90 Å². The van der Waals surface area contributed by atoms with E-state index >= 15 is 0 Å². The standard InChI is InChI=1S/C18H13ClN2O2S/c1-22-13-4-2-3-10(8-13)16-20-17-14(18(24)21-16)9-11-7-12(19)5-6-15(11)23-17/h2-8,14H,9H2,1H3. The summed E-state index contributed by atoms with van der Waals surface area (Å²) in [5, 5.41) is 0.681. The molecule has 0 radical (unpaired) electrons. The van der Waals surface area contributed by atoms with Crippen LogP contribution in [0.25, 0.3) is 0 Å². The van der Waals surface area contributed by atoms with Crippen molar-refractivity contribution in [3.63, 3.8) is 0 Å². The Kier molecular flexibility index (Phi) is 3.82. The van der Waals surface area contributed by atoms with Gasteiger partial charge >= 0.3 is 0 Å². The number of nitrogens with zero attached hydrogens (tertiary/aromatic N) is 2. The molecule has 0 N–H and O–H groups in total. The van der Waals surface area contributed by atoms with E-state index in [-0.39, 0.29) is 5.92 Å². The Labute approximate surface area is 149 Å². The van der Waals surface area contributed by atoms with Crippen molar-refractivity contribution >= 4 is 40.5 Å². The minimum absolute atomic E-state index is 0.125. The van der Waals surface area contributed by atoms with Gasteiger partial charge in [0.05, 0.1) is 13.0 Å². The maximum absolute atomic E-state index is 6.06. The third-order valence-corrected chi connectivity index (χ3v) is 4.63. The van der Waals surface area contributed by atoms with Gasteiger partial charge in [-0.25, -0.2) is 4.99 Å². The number of fused-ring (bicyclic) bond motifs is 2. The van der Waals surface area contributed by atoms with Gasteiger partial charge in [-0.15, -0.1) is 0 Å². The quantitative estimate of drug-likeness (QED) is 0.761. The smallest absolute Gasteiger partial charge is 0.207 e. The highest BCUT2D eigenvalue weighted by atomic mass is 35.5. The summed E-state index contributed by atoms with van der Waals surface area (Å²) >= 11 is 11.6. The number of ether oxygens (including phenoxy) is 2. The molecule has 0 saturated carbocycles. The van der Waals surface area contributed by atoms with Crippen molar-refractivity contribution in [1.82, 2.24) is 0 Å². The lowest BCUT2D eigenvalue weighted by Gasteiger charge is -2.28. The van der Waals surface area contributed by atoms with E-state index in [0.29, 0.717) is 28.2 Å². The molecule has 0 spiro atoms. The van der Waals surface area contributed by atoms with Crippen LogP contribution in [0, 0.1) is 5.92 Å². The molecule has 120 valence electrons. The zero-order valence-corrected chi connectivity index (χ0v) is 14.4. The van der Waals surface area contributed by atoms with Crippen LogP contribution in [0.3, 0.4) is 0 Å². The van der Waals surface area contributed by atoms with Crippen molar-refractivity contribution in [3.8, 4) is 11.5 Å². The molecule has 0 fully saturated rings. The van der Waals surface area contributed by atoms with E-state index in [4.69, 9.17) is 33.3 Å². The molecule has 0 bridgehead atoms. The number of aliphatic imine (C=N–C) groups is 2. The molecule has 4 nitrogen and oxygen atoms in total. The summed E-state index contributed by atoms with van der Waals surface area (Å²) in [6.07, 6.45) is 0.697. The lowest BCUT2D eigenvalue weighted by atomic mass is 9.94. The van der Waals surface area contributed by atoms with Gasteiger partial charge < -0.3 is 9.47 Å². The minimum atomic E-state index is -0.125. The van der Waals surface area contributed by atoms with Crippen LogP contribution in [0.5, 0.6) is 11.5 Å². The van der Waals surface area contributed by atoms with Crippen LogP contribution in [-0.4, -0.2) is 23.8 Å². The second kappa shape index (κ2) is 6.00. The first-order chi connectivity index (χ1) is 11.6. The molecule has 1 unspecified atom stereocenters. The SMILES string of the molecule is COc1cccc(C2=NC(=S)C3Cc4cc(Cl)ccc4OC3=N2)c1. The van der Waals surface area contributed by atoms with Crippen LogP contribution < -0.4 is 9.47 Å². The van der Waals surface area contributed by atoms with Crippen molar-refractivity contribution in [2.45, 2.75) is 6.42 Å². The van der Waals surface area contributed by atoms with Gasteiger partial charge in [-0.05, 0) is 42.3 Å². The molecular formula is C18H13ClN2O2S. The second-order valence-electron chi connectivity index (χ2n) is 5.57. The molecule has 6 heteroatoms. The van der Waals surface area contributed by atoms with Gasteiger partial charge in [0.15, 0.2) is 5.84 Å². The topological polar surface area (TPSA) is 43.2 Å². The number of halogens is 1. The summed E-state index contributed by atoms with van der Waals surface area (Å²) in [7, 11) is 1.63. The Hall–Kier alpha value is -2.24. The normalized spacial score (nSPS) is 18.8. The van der Waals surface area contributed by atoms with E-state index in [2.05, 4.69) is 9.98 Å². The predicted octanol–water partition coefficient (Wildman–Crippen LogP) is 4.09. The first-order valence-electron chi connectivity index (χ1n) is 7.46. The van der Waals surface area contributed by atoms with E-state index in [1.165, 1.54) is 0 Å². The van der Waals surface area contributed by atoms with E-state index in [1.807, 2.05) is 36.4 Å². The van der Waals surface area contributed by atoms with Gasteiger partial charge in [0.25, 0.3) is 0 Å². The van der Waals surface area contributed by atoms with E-state index in [1.54, 1.807) is 13.2 Å². The van der Waals surface area contributed by atoms with Crippen molar-refractivity contribution in [3.05, 3.63) is 58.6 Å². The molecule has 24 heavy (non-hydrogen) atoms. The largest absolute Gasteiger partial charge is 0.497 e. The number of amidine groups is 1. The summed E-state index contributed by atoms with van der Waals surface area (Å²) < 4.78 is 11.2. The number of methoxy groups -OCH3 is 1. The Morgan fingerprint density at radius 2 is 2.08 bits per heavy atom. The highest BCUT2D eigenvalue weighted by Crippen LogP contribution is 2.33. The van der Waals surface area contributed by atoms with Gasteiger partial charge in [-0.3, -0.25) is 0 Å². The van der Waals surface area contributed by atoms with Crippen LogP contribution in [0.1, 0.15) is 11.1 Å². The Morgan fingerprint density at radius 3 is 2.92 bits per heavy atom. The highest BCUT2D eigenvalue weighted by molar-refractivity contribution is 7.80. The summed E-state index contributed by atoms with van der Waals surface area (Å²) in [6, 6.07) is 13.1. The van der Waals surface area contributed by atoms with Crippen molar-refractivity contribution in [2.75, 3.05) is 7.11 Å². The zero-order chi connectivity index (χ0) is 16.7. The monoisotopic (exact) mass is 356 g/mol.